The highest BCUT2D eigenvalue weighted by atomic mass is 32.2. The Morgan fingerprint density at radius 3 is 2.20 bits per heavy atom. The van der Waals surface area contributed by atoms with Gasteiger partial charge in [-0.3, -0.25) is 19.3 Å². The lowest BCUT2D eigenvalue weighted by atomic mass is 10.1. The minimum absolute atomic E-state index is 0.272. The molecule has 0 saturated heterocycles. The van der Waals surface area contributed by atoms with E-state index in [1.807, 2.05) is 12.1 Å². The van der Waals surface area contributed by atoms with E-state index in [0.717, 1.165) is 11.9 Å². The van der Waals surface area contributed by atoms with Crippen LogP contribution in [-0.4, -0.2) is 31.5 Å². The Morgan fingerprint density at radius 1 is 0.867 bits per heavy atom. The normalized spacial score (nSPS) is 10.8. The molecule has 3 N–H and O–H groups in total. The minimum atomic E-state index is -3.45. The molecule has 0 atom stereocenters. The van der Waals surface area contributed by atoms with Gasteiger partial charge in [0.15, 0.2) is 0 Å². The van der Waals surface area contributed by atoms with E-state index in [-0.39, 0.29) is 23.7 Å². The van der Waals surface area contributed by atoms with E-state index in [4.69, 9.17) is 0 Å². The molecule has 9 heteroatoms. The molecule has 3 rings (SSSR count). The van der Waals surface area contributed by atoms with Gasteiger partial charge in [-0.1, -0.05) is 18.2 Å². The lowest BCUT2D eigenvalue weighted by Gasteiger charge is -2.10. The molecule has 0 radical (unpaired) electrons. The number of nitrogens with one attached hydrogen (secondary N) is 3. The van der Waals surface area contributed by atoms with Crippen molar-refractivity contribution in [1.29, 1.82) is 0 Å². The van der Waals surface area contributed by atoms with Crippen LogP contribution in [0, 0.1) is 0 Å². The zero-order chi connectivity index (χ0) is 21.6. The van der Waals surface area contributed by atoms with E-state index in [1.165, 1.54) is 6.07 Å². The van der Waals surface area contributed by atoms with Crippen molar-refractivity contribution in [1.82, 2.24) is 10.3 Å². The lowest BCUT2D eigenvalue weighted by molar-refractivity contribution is 0.0949. The Balaban J connectivity index is 1.66. The van der Waals surface area contributed by atoms with Gasteiger partial charge in [0.05, 0.1) is 18.5 Å². The summed E-state index contributed by atoms with van der Waals surface area (Å²) in [4.78, 5) is 29.1. The second-order valence-corrected chi connectivity index (χ2v) is 8.24. The molecule has 1 aromatic heterocycles. The second kappa shape index (κ2) is 9.19. The highest BCUT2D eigenvalue weighted by molar-refractivity contribution is 7.92. The molecule has 30 heavy (non-hydrogen) atoms. The molecular weight excluding hydrogens is 404 g/mol. The summed E-state index contributed by atoms with van der Waals surface area (Å²) in [7, 11) is -3.45. The van der Waals surface area contributed by atoms with Gasteiger partial charge in [-0.05, 0) is 48.5 Å². The van der Waals surface area contributed by atoms with Crippen molar-refractivity contribution in [3.05, 3.63) is 89.7 Å². The van der Waals surface area contributed by atoms with E-state index in [9.17, 15) is 18.0 Å². The molecule has 0 unspecified atom stereocenters. The molecule has 8 nitrogen and oxygen atoms in total. The summed E-state index contributed by atoms with van der Waals surface area (Å²) < 4.78 is 25.1. The first-order valence-corrected chi connectivity index (χ1v) is 10.9. The number of carbonyl (C=O) groups excluding carboxylic acids is 2. The fourth-order valence-electron chi connectivity index (χ4n) is 2.66. The van der Waals surface area contributed by atoms with Gasteiger partial charge in [-0.2, -0.15) is 0 Å². The maximum Gasteiger partial charge on any atom is 0.255 e. The SMILES string of the molecule is CS(=O)(=O)Nc1cccc(C(=O)Nc2cccc(C(=O)NCc3ccccn3)c2)c1. The van der Waals surface area contributed by atoms with Gasteiger partial charge in [0, 0.05) is 28.7 Å². The van der Waals surface area contributed by atoms with E-state index >= 15 is 0 Å². The van der Waals surface area contributed by atoms with Crippen LogP contribution >= 0.6 is 0 Å². The molecule has 154 valence electrons. The number of hydrogen-bond donors (Lipinski definition) is 3. The molecule has 0 aliphatic heterocycles. The standard InChI is InChI=1S/C21H20N4O4S/c1-30(28,29)25-18-10-5-7-16(13-18)21(27)24-17-9-4-6-15(12-17)20(26)23-14-19-8-2-3-11-22-19/h2-13,25H,14H2,1H3,(H,23,26)(H,24,27). The smallest absolute Gasteiger partial charge is 0.255 e. The molecule has 0 saturated carbocycles. The number of rotatable bonds is 7. The molecule has 0 aliphatic rings. The van der Waals surface area contributed by atoms with Crippen molar-refractivity contribution in [2.75, 3.05) is 16.3 Å². The summed E-state index contributed by atoms with van der Waals surface area (Å²) in [5.41, 5.74) is 2.11. The molecule has 3 aromatic rings. The number of anilines is 2. The first-order chi connectivity index (χ1) is 14.3. The van der Waals surface area contributed by atoms with Crippen LogP contribution in [-0.2, 0) is 16.6 Å². The lowest BCUT2D eigenvalue weighted by Crippen LogP contribution is -2.23. The number of carbonyl (C=O) groups is 2. The predicted octanol–water partition coefficient (Wildman–Crippen LogP) is 2.64. The van der Waals surface area contributed by atoms with Crippen LogP contribution in [0.25, 0.3) is 0 Å². The van der Waals surface area contributed by atoms with Crippen LogP contribution in [0.4, 0.5) is 11.4 Å². The maximum atomic E-state index is 12.5. The largest absolute Gasteiger partial charge is 0.346 e. The van der Waals surface area contributed by atoms with Crippen LogP contribution in [0.1, 0.15) is 26.4 Å². The third-order valence-corrected chi connectivity index (χ3v) is 4.57. The monoisotopic (exact) mass is 424 g/mol. The summed E-state index contributed by atoms with van der Waals surface area (Å²) in [6, 6.07) is 18.1. The van der Waals surface area contributed by atoms with Gasteiger partial charge < -0.3 is 10.6 Å². The highest BCUT2D eigenvalue weighted by Crippen LogP contribution is 2.16. The summed E-state index contributed by atoms with van der Waals surface area (Å²) in [6.45, 7) is 0.288. The molecule has 2 aromatic carbocycles. The Morgan fingerprint density at radius 2 is 1.53 bits per heavy atom. The average Bonchev–Trinajstić information content (AvgIpc) is 2.72. The van der Waals surface area contributed by atoms with Crippen molar-refractivity contribution in [2.24, 2.45) is 0 Å². The minimum Gasteiger partial charge on any atom is -0.346 e. The fourth-order valence-corrected chi connectivity index (χ4v) is 3.21. The number of aromatic nitrogens is 1. The highest BCUT2D eigenvalue weighted by Gasteiger charge is 2.11. The van der Waals surface area contributed by atoms with Crippen LogP contribution in [0.3, 0.4) is 0 Å². The summed E-state index contributed by atoms with van der Waals surface area (Å²) in [5.74, 6) is -0.728. The van der Waals surface area contributed by atoms with Gasteiger partial charge >= 0.3 is 0 Å². The molecule has 0 fully saturated rings. The van der Waals surface area contributed by atoms with Crippen LogP contribution in [0.2, 0.25) is 0 Å². The number of hydrogen-bond acceptors (Lipinski definition) is 5. The molecule has 0 bridgehead atoms. The summed E-state index contributed by atoms with van der Waals surface area (Å²) in [5, 5.41) is 5.49. The van der Waals surface area contributed by atoms with E-state index in [0.29, 0.717) is 11.3 Å². The van der Waals surface area contributed by atoms with Crippen molar-refractivity contribution in [3.8, 4) is 0 Å². The van der Waals surface area contributed by atoms with Gasteiger partial charge in [-0.15, -0.1) is 0 Å². The third-order valence-electron chi connectivity index (χ3n) is 3.97. The number of amides is 2. The molecule has 0 spiro atoms. The van der Waals surface area contributed by atoms with Crippen molar-refractivity contribution in [3.63, 3.8) is 0 Å². The predicted molar refractivity (Wildman–Crippen MR) is 115 cm³/mol. The van der Waals surface area contributed by atoms with Gasteiger partial charge in [-0.25, -0.2) is 8.42 Å². The topological polar surface area (TPSA) is 117 Å². The first kappa shape index (κ1) is 21.0. The maximum absolute atomic E-state index is 12.5. The third kappa shape index (κ3) is 6.14. The number of nitrogens with zero attached hydrogens (tertiary/aromatic N) is 1. The second-order valence-electron chi connectivity index (χ2n) is 6.49. The first-order valence-electron chi connectivity index (χ1n) is 8.97. The quantitative estimate of drug-likeness (QED) is 0.539. The summed E-state index contributed by atoms with van der Waals surface area (Å²) in [6.07, 6.45) is 2.68. The molecule has 2 amide bonds. The number of sulfonamides is 1. The van der Waals surface area contributed by atoms with E-state index in [1.54, 1.807) is 54.7 Å². The van der Waals surface area contributed by atoms with Crippen LogP contribution in [0.5, 0.6) is 0 Å². The van der Waals surface area contributed by atoms with Crippen molar-refractivity contribution >= 4 is 33.2 Å². The van der Waals surface area contributed by atoms with Crippen molar-refractivity contribution in [2.45, 2.75) is 6.54 Å². The van der Waals surface area contributed by atoms with Crippen molar-refractivity contribution < 1.29 is 18.0 Å². The Hall–Kier alpha value is -3.72. The average molecular weight is 424 g/mol. The van der Waals surface area contributed by atoms with Crippen LogP contribution < -0.4 is 15.4 Å². The molecular formula is C21H20N4O4S. The van der Waals surface area contributed by atoms with Gasteiger partial charge in [0.1, 0.15) is 0 Å². The van der Waals surface area contributed by atoms with Gasteiger partial charge in [0.25, 0.3) is 11.8 Å². The van der Waals surface area contributed by atoms with E-state index < -0.39 is 15.9 Å². The Labute approximate surface area is 174 Å². The van der Waals surface area contributed by atoms with E-state index in [2.05, 4.69) is 20.3 Å². The molecule has 1 heterocycles. The Bertz CT molecular complexity index is 1160. The number of pyridine rings is 1. The Kier molecular flexibility index (Phi) is 6.43. The zero-order valence-electron chi connectivity index (χ0n) is 16.1. The fraction of sp³-hybridized carbons (Fsp3) is 0.0952. The molecule has 0 aliphatic carbocycles. The van der Waals surface area contributed by atoms with Crippen LogP contribution in [0.15, 0.2) is 72.9 Å². The van der Waals surface area contributed by atoms with Gasteiger partial charge in [0.2, 0.25) is 10.0 Å². The number of benzene rings is 2. The zero-order valence-corrected chi connectivity index (χ0v) is 16.9. The summed E-state index contributed by atoms with van der Waals surface area (Å²) >= 11 is 0.